The van der Waals surface area contributed by atoms with Gasteiger partial charge in [0.1, 0.15) is 4.47 Å². The van der Waals surface area contributed by atoms with Gasteiger partial charge in [0.2, 0.25) is 5.39 Å². The van der Waals surface area contributed by atoms with Crippen LogP contribution in [0.3, 0.4) is 0 Å². The monoisotopic (exact) mass is 275 g/mol. The summed E-state index contributed by atoms with van der Waals surface area (Å²) in [5.74, 6) is 0. The Morgan fingerprint density at radius 1 is 1.36 bits per heavy atom. The van der Waals surface area contributed by atoms with Crippen LogP contribution in [0.1, 0.15) is 5.56 Å². The molecule has 2 nitrogen and oxygen atoms in total. The van der Waals surface area contributed by atoms with Crippen LogP contribution in [0.15, 0.2) is 21.1 Å². The van der Waals surface area contributed by atoms with E-state index in [9.17, 15) is 0 Å². The van der Waals surface area contributed by atoms with Crippen molar-refractivity contribution >= 4 is 37.5 Å². The minimum Gasteiger partial charge on any atom is -0.0501 e. The summed E-state index contributed by atoms with van der Waals surface area (Å²) < 4.78 is 1.66. The fourth-order valence-electron chi connectivity index (χ4n) is 0.759. The highest BCUT2D eigenvalue weighted by Gasteiger charge is 2.17. The van der Waals surface area contributed by atoms with E-state index in [1.54, 1.807) is 0 Å². The molecule has 0 aromatic heterocycles. The molecule has 0 unspecified atom stereocenters. The van der Waals surface area contributed by atoms with Crippen molar-refractivity contribution in [2.24, 2.45) is 0 Å². The average Bonchev–Trinajstić information content (AvgIpc) is 1.99. The largest absolute Gasteiger partial charge is 0.403 e. The van der Waals surface area contributed by atoms with E-state index in [-0.39, 0.29) is 0 Å². The maximum Gasteiger partial charge on any atom is 0.403 e. The number of aryl methyl sites for hydroxylation is 1. The lowest BCUT2D eigenvalue weighted by atomic mass is 10.2. The van der Waals surface area contributed by atoms with Crippen LogP contribution >= 0.6 is 31.9 Å². The summed E-state index contributed by atoms with van der Waals surface area (Å²) in [6, 6.07) is 3.78. The van der Waals surface area contributed by atoms with Crippen LogP contribution in [0.2, 0.25) is 0 Å². The van der Waals surface area contributed by atoms with Gasteiger partial charge in [0.05, 0.1) is 0 Å². The van der Waals surface area contributed by atoms with Crippen molar-refractivity contribution in [2.75, 3.05) is 0 Å². The maximum absolute atomic E-state index is 8.60. The number of hydrogen-bond acceptors (Lipinski definition) is 1. The molecule has 0 heterocycles. The fourth-order valence-corrected chi connectivity index (χ4v) is 1.60. The topological polar surface area (TPSA) is 28.1 Å². The van der Waals surface area contributed by atoms with Crippen LogP contribution in [-0.4, -0.2) is 0 Å². The van der Waals surface area contributed by atoms with Crippen LogP contribution in [0, 0.1) is 12.3 Å². The summed E-state index contributed by atoms with van der Waals surface area (Å²) >= 11 is 6.59. The number of rotatable bonds is 0. The lowest BCUT2D eigenvalue weighted by Gasteiger charge is -1.92. The van der Waals surface area contributed by atoms with Gasteiger partial charge in [0.15, 0.2) is 4.98 Å². The Balaban J connectivity index is 3.44. The molecule has 1 aromatic rings. The van der Waals surface area contributed by atoms with Gasteiger partial charge in [-0.1, -0.05) is 6.07 Å². The van der Waals surface area contributed by atoms with Crippen LogP contribution in [0.25, 0.3) is 4.98 Å². The fraction of sp³-hybridized carbons (Fsp3) is 0.143. The number of hydrogen-bond donors (Lipinski definition) is 0. The van der Waals surface area contributed by atoms with Crippen molar-refractivity contribution in [2.45, 2.75) is 6.92 Å². The van der Waals surface area contributed by atoms with Crippen molar-refractivity contribution in [3.8, 4) is 0 Å². The van der Waals surface area contributed by atoms with Crippen molar-refractivity contribution in [3.05, 3.63) is 31.6 Å². The smallest absolute Gasteiger partial charge is 0.0501 e. The first-order valence-corrected chi connectivity index (χ1v) is 4.55. The van der Waals surface area contributed by atoms with Crippen LogP contribution in [-0.2, 0) is 0 Å². The van der Waals surface area contributed by atoms with Crippen molar-refractivity contribution in [3.63, 3.8) is 0 Å². The molecule has 0 aliphatic carbocycles. The highest BCUT2D eigenvalue weighted by atomic mass is 79.9. The lowest BCUT2D eigenvalue weighted by molar-refractivity contribution is 1.39. The van der Waals surface area contributed by atoms with Gasteiger partial charge < -0.3 is 0 Å². The molecule has 0 amide bonds. The molecule has 0 atom stereocenters. The normalized spacial score (nSPS) is 9.27. The van der Waals surface area contributed by atoms with Crippen molar-refractivity contribution < 1.29 is 0 Å². The van der Waals surface area contributed by atoms with E-state index in [4.69, 9.17) is 5.39 Å². The maximum atomic E-state index is 8.60. The SMILES string of the molecule is Cc1ccc(Br)c(Br)c1[N+]#N. The van der Waals surface area contributed by atoms with Crippen LogP contribution in [0.5, 0.6) is 0 Å². The predicted molar refractivity (Wildman–Crippen MR) is 51.3 cm³/mol. The van der Waals surface area contributed by atoms with E-state index in [0.29, 0.717) is 5.69 Å². The first-order chi connectivity index (χ1) is 5.16. The van der Waals surface area contributed by atoms with Gasteiger partial charge in [0.25, 0.3) is 0 Å². The van der Waals surface area contributed by atoms with Gasteiger partial charge in [0, 0.05) is 10.0 Å². The summed E-state index contributed by atoms with van der Waals surface area (Å²) in [5, 5.41) is 8.60. The van der Waals surface area contributed by atoms with Crippen molar-refractivity contribution in [1.82, 2.24) is 0 Å². The average molecular weight is 277 g/mol. The lowest BCUT2D eigenvalue weighted by Crippen LogP contribution is -1.75. The molecule has 11 heavy (non-hydrogen) atoms. The first-order valence-electron chi connectivity index (χ1n) is 2.96. The molecule has 1 aromatic carbocycles. The van der Waals surface area contributed by atoms with Gasteiger partial charge in [-0.3, -0.25) is 0 Å². The van der Waals surface area contributed by atoms with E-state index < -0.39 is 0 Å². The molecule has 1 rings (SSSR count). The summed E-state index contributed by atoms with van der Waals surface area (Å²) in [6.45, 7) is 1.88. The molecule has 0 saturated carbocycles. The molecule has 0 fully saturated rings. The molecular weight excluding hydrogens is 272 g/mol. The van der Waals surface area contributed by atoms with E-state index in [2.05, 4.69) is 36.8 Å². The molecule has 0 radical (unpaired) electrons. The van der Waals surface area contributed by atoms with Gasteiger partial charge in [-0.2, -0.15) is 0 Å². The van der Waals surface area contributed by atoms with Gasteiger partial charge in [-0.15, -0.1) is 0 Å². The van der Waals surface area contributed by atoms with E-state index in [1.165, 1.54) is 0 Å². The molecule has 0 spiro atoms. The Morgan fingerprint density at radius 3 is 2.45 bits per heavy atom. The molecule has 0 N–H and O–H groups in total. The molecular formula is C7H5Br2N2+. The molecule has 56 valence electrons. The number of halogens is 2. The van der Waals surface area contributed by atoms with E-state index >= 15 is 0 Å². The van der Waals surface area contributed by atoms with Crippen molar-refractivity contribution in [1.29, 1.82) is 5.39 Å². The molecule has 0 aliphatic heterocycles. The highest BCUT2D eigenvalue weighted by molar-refractivity contribution is 9.13. The summed E-state index contributed by atoms with van der Waals surface area (Å²) in [5.41, 5.74) is 1.50. The number of diazo groups is 1. The predicted octanol–water partition coefficient (Wildman–Crippen LogP) is 4.00. The minimum absolute atomic E-state index is 0.569. The third kappa shape index (κ3) is 1.60. The van der Waals surface area contributed by atoms with E-state index in [0.717, 1.165) is 14.5 Å². The van der Waals surface area contributed by atoms with Crippen LogP contribution < -0.4 is 0 Å². The van der Waals surface area contributed by atoms with Crippen LogP contribution in [0.4, 0.5) is 5.69 Å². The first kappa shape index (κ1) is 8.69. The Kier molecular flexibility index (Phi) is 2.63. The molecule has 0 saturated heterocycles. The quantitative estimate of drug-likeness (QED) is 0.658. The Labute approximate surface area is 81.5 Å². The van der Waals surface area contributed by atoms with Gasteiger partial charge >= 0.3 is 5.69 Å². The minimum atomic E-state index is 0.569. The second-order valence-corrected chi connectivity index (χ2v) is 3.77. The molecule has 4 heteroatoms. The molecule has 0 aliphatic rings. The third-order valence-corrected chi connectivity index (χ3v) is 3.37. The summed E-state index contributed by atoms with van der Waals surface area (Å²) in [6.07, 6.45) is 0. The van der Waals surface area contributed by atoms with E-state index in [1.807, 2.05) is 19.1 Å². The Hall–Kier alpha value is -0.400. The Bertz CT molecular complexity index is 328. The zero-order valence-corrected chi connectivity index (χ0v) is 8.98. The van der Waals surface area contributed by atoms with Gasteiger partial charge in [-0.05, 0) is 44.8 Å². The Morgan fingerprint density at radius 2 is 2.00 bits per heavy atom. The second kappa shape index (κ2) is 3.33. The zero-order valence-electron chi connectivity index (χ0n) is 5.81. The summed E-state index contributed by atoms with van der Waals surface area (Å²) in [4.78, 5) is 3.15. The van der Waals surface area contributed by atoms with Gasteiger partial charge in [-0.25, -0.2) is 0 Å². The second-order valence-electron chi connectivity index (χ2n) is 2.13. The molecule has 0 bridgehead atoms. The third-order valence-electron chi connectivity index (χ3n) is 1.37. The number of benzene rings is 1. The standard InChI is InChI=1S/C7H5Br2N2/c1-4-2-3-5(8)6(9)7(4)11-10/h2-3H,1H3/q+1. The number of nitrogens with zero attached hydrogens (tertiary/aromatic N) is 2. The highest BCUT2D eigenvalue weighted by Crippen LogP contribution is 2.35. The zero-order chi connectivity index (χ0) is 8.43. The summed E-state index contributed by atoms with van der Waals surface area (Å²) in [7, 11) is 0.